The number of hydrogen-bond donors (Lipinski definition) is 1. The molecule has 1 fully saturated rings. The Bertz CT molecular complexity index is 854. The van der Waals surface area contributed by atoms with E-state index in [2.05, 4.69) is 41.7 Å². The van der Waals surface area contributed by atoms with Gasteiger partial charge in [0.25, 0.3) is 0 Å². The maximum Gasteiger partial charge on any atom is 0.231 e. The maximum absolute atomic E-state index is 13.7. The van der Waals surface area contributed by atoms with Crippen molar-refractivity contribution < 1.29 is 9.59 Å². The van der Waals surface area contributed by atoms with E-state index in [1.54, 1.807) is 6.92 Å². The van der Waals surface area contributed by atoms with Gasteiger partial charge in [0.1, 0.15) is 0 Å². The van der Waals surface area contributed by atoms with Crippen LogP contribution in [0.3, 0.4) is 0 Å². The number of carbonyl (C=O) groups excluding carboxylic acids is 2. The van der Waals surface area contributed by atoms with Crippen LogP contribution in [0.5, 0.6) is 0 Å². The molecule has 2 aromatic rings. The molecule has 1 aliphatic heterocycles. The van der Waals surface area contributed by atoms with Crippen LogP contribution in [0.4, 0.5) is 0 Å². The molecule has 0 saturated carbocycles. The predicted molar refractivity (Wildman–Crippen MR) is 110 cm³/mol. The highest BCUT2D eigenvalue weighted by Gasteiger charge is 2.44. The van der Waals surface area contributed by atoms with Gasteiger partial charge in [-0.05, 0) is 48.8 Å². The minimum absolute atomic E-state index is 0.0730. The number of carbonyl (C=O) groups is 2. The Morgan fingerprint density at radius 1 is 1.00 bits per heavy atom. The number of amides is 2. The van der Waals surface area contributed by atoms with Crippen LogP contribution in [-0.2, 0) is 21.4 Å². The summed E-state index contributed by atoms with van der Waals surface area (Å²) in [5, 5.41) is 3.39. The zero-order valence-electron chi connectivity index (χ0n) is 16.5. The summed E-state index contributed by atoms with van der Waals surface area (Å²) in [6.07, 6.45) is 4.49. The van der Waals surface area contributed by atoms with E-state index in [0.717, 1.165) is 24.8 Å². The highest BCUT2D eigenvalue weighted by molar-refractivity contribution is 5.89. The average Bonchev–Trinajstić information content (AvgIpc) is 2.74. The van der Waals surface area contributed by atoms with Gasteiger partial charge in [-0.1, -0.05) is 54.6 Å². The molecule has 146 valence electrons. The lowest BCUT2D eigenvalue weighted by Crippen LogP contribution is -2.53. The van der Waals surface area contributed by atoms with Crippen LogP contribution in [0.15, 0.2) is 54.6 Å². The van der Waals surface area contributed by atoms with Crippen molar-refractivity contribution in [2.45, 2.75) is 50.5 Å². The third kappa shape index (κ3) is 3.44. The summed E-state index contributed by atoms with van der Waals surface area (Å²) in [6, 6.07) is 18.6. The highest BCUT2D eigenvalue weighted by atomic mass is 16.2. The molecule has 0 aromatic heterocycles. The molecule has 2 aromatic carbocycles. The van der Waals surface area contributed by atoms with E-state index in [1.807, 2.05) is 23.1 Å². The normalized spacial score (nSPS) is 20.9. The van der Waals surface area contributed by atoms with E-state index in [1.165, 1.54) is 11.1 Å². The maximum atomic E-state index is 13.7. The van der Waals surface area contributed by atoms with Crippen LogP contribution < -0.4 is 5.32 Å². The fourth-order valence-electron chi connectivity index (χ4n) is 4.81. The molecule has 4 nitrogen and oxygen atoms in total. The summed E-state index contributed by atoms with van der Waals surface area (Å²) in [6.45, 7) is 2.85. The lowest BCUT2D eigenvalue weighted by atomic mass is 9.71. The second-order valence-corrected chi connectivity index (χ2v) is 8.07. The Morgan fingerprint density at radius 3 is 2.39 bits per heavy atom. The third-order valence-corrected chi connectivity index (χ3v) is 6.50. The summed E-state index contributed by atoms with van der Waals surface area (Å²) in [7, 11) is 0. The number of nitrogens with one attached hydrogen (secondary N) is 1. The molecular formula is C24H28N2O2. The van der Waals surface area contributed by atoms with Crippen molar-refractivity contribution in [2.75, 3.05) is 13.1 Å². The van der Waals surface area contributed by atoms with Gasteiger partial charge in [0.15, 0.2) is 0 Å². The SMILES string of the molecule is CC(=O)N1CCC(C(=O)N[C@H]2CCCc3ccccc32)(c2ccccc2)CC1. The number of nitrogens with zero attached hydrogens (tertiary/aromatic N) is 1. The summed E-state index contributed by atoms with van der Waals surface area (Å²) >= 11 is 0. The Kier molecular flexibility index (Phi) is 5.21. The van der Waals surface area contributed by atoms with Gasteiger partial charge in [-0.25, -0.2) is 0 Å². The van der Waals surface area contributed by atoms with Crippen molar-refractivity contribution in [1.29, 1.82) is 0 Å². The van der Waals surface area contributed by atoms with Gasteiger partial charge in [-0.3, -0.25) is 9.59 Å². The predicted octanol–water partition coefficient (Wildman–Crippen LogP) is 3.76. The van der Waals surface area contributed by atoms with E-state index >= 15 is 0 Å². The monoisotopic (exact) mass is 376 g/mol. The van der Waals surface area contributed by atoms with Crippen molar-refractivity contribution in [1.82, 2.24) is 10.2 Å². The molecule has 1 saturated heterocycles. The molecule has 0 spiro atoms. The zero-order valence-corrected chi connectivity index (χ0v) is 16.5. The van der Waals surface area contributed by atoms with E-state index in [9.17, 15) is 9.59 Å². The van der Waals surface area contributed by atoms with Gasteiger partial charge >= 0.3 is 0 Å². The molecule has 2 amide bonds. The summed E-state index contributed by atoms with van der Waals surface area (Å²) in [5.41, 5.74) is 3.09. The third-order valence-electron chi connectivity index (χ3n) is 6.50. The smallest absolute Gasteiger partial charge is 0.231 e. The standard InChI is InChI=1S/C24H28N2O2/c1-18(27)26-16-14-24(15-17-26,20-10-3-2-4-11-20)23(28)25-22-13-7-9-19-8-5-6-12-21(19)22/h2-6,8,10-12,22H,7,9,13-17H2,1H3,(H,25,28)/t22-/m0/s1. The van der Waals surface area contributed by atoms with Crippen LogP contribution in [0.25, 0.3) is 0 Å². The first-order valence-electron chi connectivity index (χ1n) is 10.3. The summed E-state index contributed by atoms with van der Waals surface area (Å²) in [5.74, 6) is 0.187. The summed E-state index contributed by atoms with van der Waals surface area (Å²) in [4.78, 5) is 27.3. The number of aryl methyl sites for hydroxylation is 1. The molecule has 1 N–H and O–H groups in total. The Balaban J connectivity index is 1.61. The number of hydrogen-bond acceptors (Lipinski definition) is 2. The minimum atomic E-state index is -0.570. The fraction of sp³-hybridized carbons (Fsp3) is 0.417. The van der Waals surface area contributed by atoms with Crippen LogP contribution in [0.1, 0.15) is 55.3 Å². The fourth-order valence-corrected chi connectivity index (χ4v) is 4.81. The second kappa shape index (κ2) is 7.78. The zero-order chi connectivity index (χ0) is 19.6. The van der Waals surface area contributed by atoms with Gasteiger partial charge in [0.05, 0.1) is 11.5 Å². The van der Waals surface area contributed by atoms with Crippen LogP contribution in [0.2, 0.25) is 0 Å². The largest absolute Gasteiger partial charge is 0.349 e. The van der Waals surface area contributed by atoms with E-state index in [4.69, 9.17) is 0 Å². The first-order valence-corrected chi connectivity index (χ1v) is 10.3. The van der Waals surface area contributed by atoms with Gasteiger partial charge in [-0.2, -0.15) is 0 Å². The first kappa shape index (κ1) is 18.7. The molecular weight excluding hydrogens is 348 g/mol. The minimum Gasteiger partial charge on any atom is -0.349 e. The summed E-state index contributed by atoms with van der Waals surface area (Å²) < 4.78 is 0. The number of likely N-dealkylation sites (tertiary alicyclic amines) is 1. The van der Waals surface area contributed by atoms with Crippen LogP contribution >= 0.6 is 0 Å². The van der Waals surface area contributed by atoms with E-state index in [-0.39, 0.29) is 17.9 Å². The van der Waals surface area contributed by atoms with Gasteiger partial charge < -0.3 is 10.2 Å². The number of rotatable bonds is 3. The highest BCUT2D eigenvalue weighted by Crippen LogP contribution is 2.38. The van der Waals surface area contributed by atoms with Gasteiger partial charge in [0.2, 0.25) is 11.8 Å². The van der Waals surface area contributed by atoms with Gasteiger partial charge in [0, 0.05) is 20.0 Å². The molecule has 0 unspecified atom stereocenters. The molecule has 0 radical (unpaired) electrons. The number of piperidine rings is 1. The number of fused-ring (bicyclic) bond motifs is 1. The topological polar surface area (TPSA) is 49.4 Å². The Morgan fingerprint density at radius 2 is 1.68 bits per heavy atom. The van der Waals surface area contributed by atoms with Crippen LogP contribution in [0, 0.1) is 0 Å². The molecule has 2 aliphatic rings. The van der Waals surface area contributed by atoms with Crippen molar-refractivity contribution in [3.8, 4) is 0 Å². The number of benzene rings is 2. The molecule has 4 heteroatoms. The Hall–Kier alpha value is -2.62. The molecule has 4 rings (SSSR count). The Labute approximate surface area is 166 Å². The second-order valence-electron chi connectivity index (χ2n) is 8.07. The lowest BCUT2D eigenvalue weighted by Gasteiger charge is -2.42. The first-order chi connectivity index (χ1) is 13.6. The molecule has 1 heterocycles. The van der Waals surface area contributed by atoms with E-state index < -0.39 is 5.41 Å². The molecule has 0 bridgehead atoms. The van der Waals surface area contributed by atoms with Crippen molar-refractivity contribution in [3.05, 3.63) is 71.3 Å². The molecule has 28 heavy (non-hydrogen) atoms. The van der Waals surface area contributed by atoms with E-state index in [0.29, 0.717) is 25.9 Å². The quantitative estimate of drug-likeness (QED) is 0.887. The van der Waals surface area contributed by atoms with Crippen molar-refractivity contribution in [2.24, 2.45) is 0 Å². The lowest BCUT2D eigenvalue weighted by molar-refractivity contribution is -0.135. The van der Waals surface area contributed by atoms with Crippen LogP contribution in [-0.4, -0.2) is 29.8 Å². The van der Waals surface area contributed by atoms with Crippen molar-refractivity contribution >= 4 is 11.8 Å². The van der Waals surface area contributed by atoms with Crippen molar-refractivity contribution in [3.63, 3.8) is 0 Å². The molecule has 1 aliphatic carbocycles. The average molecular weight is 377 g/mol. The molecule has 1 atom stereocenters. The van der Waals surface area contributed by atoms with Gasteiger partial charge in [-0.15, -0.1) is 0 Å².